The van der Waals surface area contributed by atoms with Crippen molar-refractivity contribution < 1.29 is 9.53 Å². The lowest BCUT2D eigenvalue weighted by Crippen LogP contribution is -2.33. The first-order valence-corrected chi connectivity index (χ1v) is 5.55. The number of carbonyl (C=O) groups excluding carboxylic acids is 1. The van der Waals surface area contributed by atoms with Gasteiger partial charge in [0.1, 0.15) is 6.04 Å². The molecule has 15 heavy (non-hydrogen) atoms. The first-order chi connectivity index (χ1) is 7.24. The minimum Gasteiger partial charge on any atom is -0.468 e. The van der Waals surface area contributed by atoms with Gasteiger partial charge in [0.15, 0.2) is 0 Å². The summed E-state index contributed by atoms with van der Waals surface area (Å²) in [5.41, 5.74) is 6.44. The Bertz CT molecular complexity index is 307. The highest BCUT2D eigenvalue weighted by Crippen LogP contribution is 2.09. The summed E-state index contributed by atoms with van der Waals surface area (Å²) in [5.74, 6) is 0.823. The van der Waals surface area contributed by atoms with Crippen molar-refractivity contribution in [2.45, 2.75) is 11.8 Å². The van der Waals surface area contributed by atoms with Gasteiger partial charge in [0, 0.05) is 30.1 Å². The molecule has 0 fully saturated rings. The summed E-state index contributed by atoms with van der Waals surface area (Å²) in [7, 11) is 1.33. The van der Waals surface area contributed by atoms with Crippen molar-refractivity contribution in [3.63, 3.8) is 0 Å². The Morgan fingerprint density at radius 3 is 3.07 bits per heavy atom. The quantitative estimate of drug-likeness (QED) is 0.724. The molecule has 1 aromatic heterocycles. The maximum absolute atomic E-state index is 11.0. The highest BCUT2D eigenvalue weighted by atomic mass is 32.2. The highest BCUT2D eigenvalue weighted by molar-refractivity contribution is 7.98. The van der Waals surface area contributed by atoms with Crippen LogP contribution in [0.1, 0.15) is 5.69 Å². The Morgan fingerprint density at radius 1 is 1.67 bits per heavy atom. The van der Waals surface area contributed by atoms with Crippen LogP contribution >= 0.6 is 11.8 Å². The number of carbonyl (C=O) groups is 1. The van der Waals surface area contributed by atoms with E-state index in [-0.39, 0.29) is 5.97 Å². The predicted molar refractivity (Wildman–Crippen MR) is 58.2 cm³/mol. The van der Waals surface area contributed by atoms with Crippen molar-refractivity contribution in [1.82, 2.24) is 9.97 Å². The van der Waals surface area contributed by atoms with Gasteiger partial charge < -0.3 is 10.5 Å². The predicted octanol–water partition coefficient (Wildman–Crippen LogP) is 0.210. The molecule has 0 aliphatic heterocycles. The fourth-order valence-corrected chi connectivity index (χ4v) is 1.78. The second-order valence-corrected chi connectivity index (χ2v) is 3.87. The van der Waals surface area contributed by atoms with Crippen molar-refractivity contribution in [3.8, 4) is 0 Å². The summed E-state index contributed by atoms with van der Waals surface area (Å²) in [6.07, 6.45) is 4.95. The van der Waals surface area contributed by atoms with E-state index in [1.165, 1.54) is 18.9 Å². The van der Waals surface area contributed by atoms with E-state index >= 15 is 0 Å². The van der Waals surface area contributed by atoms with Crippen LogP contribution in [0.15, 0.2) is 18.6 Å². The number of nitrogens with zero attached hydrogens (tertiary/aromatic N) is 2. The lowest BCUT2D eigenvalue weighted by molar-refractivity contribution is -0.141. The maximum Gasteiger partial charge on any atom is 0.323 e. The van der Waals surface area contributed by atoms with Crippen LogP contribution in [-0.2, 0) is 15.3 Å². The summed E-state index contributed by atoms with van der Waals surface area (Å²) in [6, 6.07) is -0.573. The largest absolute Gasteiger partial charge is 0.468 e. The van der Waals surface area contributed by atoms with Crippen LogP contribution in [0.2, 0.25) is 0 Å². The molecule has 0 saturated carbocycles. The lowest BCUT2D eigenvalue weighted by atomic mass is 10.4. The fraction of sp³-hybridized carbons (Fsp3) is 0.444. The molecule has 1 rings (SSSR count). The van der Waals surface area contributed by atoms with Gasteiger partial charge in [-0.05, 0) is 0 Å². The van der Waals surface area contributed by atoms with Gasteiger partial charge in [-0.2, -0.15) is 11.8 Å². The average molecular weight is 227 g/mol. The van der Waals surface area contributed by atoms with Crippen molar-refractivity contribution in [1.29, 1.82) is 0 Å². The highest BCUT2D eigenvalue weighted by Gasteiger charge is 2.13. The third kappa shape index (κ3) is 4.26. The van der Waals surface area contributed by atoms with Crippen LogP contribution in [0.3, 0.4) is 0 Å². The number of rotatable bonds is 5. The van der Waals surface area contributed by atoms with E-state index in [1.54, 1.807) is 18.6 Å². The standard InChI is InChI=1S/C9H13N3O2S/c1-14-9(13)8(10)6-15-5-7-4-11-2-3-12-7/h2-4,8H,5-6,10H2,1H3. The number of esters is 1. The van der Waals surface area contributed by atoms with Gasteiger partial charge in [0.25, 0.3) is 0 Å². The van der Waals surface area contributed by atoms with Crippen molar-refractivity contribution in [2.75, 3.05) is 12.9 Å². The number of nitrogens with two attached hydrogens (primary N) is 1. The molecule has 6 heteroatoms. The van der Waals surface area contributed by atoms with E-state index in [1.807, 2.05) is 0 Å². The normalized spacial score (nSPS) is 12.1. The minimum absolute atomic E-state index is 0.387. The number of methoxy groups -OCH3 is 1. The monoisotopic (exact) mass is 227 g/mol. The summed E-state index contributed by atoms with van der Waals surface area (Å²) < 4.78 is 4.51. The Labute approximate surface area is 92.4 Å². The van der Waals surface area contributed by atoms with Gasteiger partial charge in [-0.3, -0.25) is 14.8 Å². The van der Waals surface area contributed by atoms with Crippen LogP contribution in [-0.4, -0.2) is 34.8 Å². The summed E-state index contributed by atoms with van der Waals surface area (Å²) in [6.45, 7) is 0. The van der Waals surface area contributed by atoms with E-state index in [0.717, 1.165) is 5.69 Å². The van der Waals surface area contributed by atoms with Crippen molar-refractivity contribution >= 4 is 17.7 Å². The molecule has 0 aliphatic carbocycles. The van der Waals surface area contributed by atoms with Crippen molar-refractivity contribution in [2.24, 2.45) is 5.73 Å². The lowest BCUT2D eigenvalue weighted by Gasteiger charge is -2.07. The zero-order chi connectivity index (χ0) is 11.1. The molecule has 1 heterocycles. The summed E-state index contributed by atoms with van der Waals surface area (Å²) in [4.78, 5) is 19.0. The zero-order valence-corrected chi connectivity index (χ0v) is 9.24. The van der Waals surface area contributed by atoms with Gasteiger partial charge in [-0.15, -0.1) is 0 Å². The number of hydrogen-bond donors (Lipinski definition) is 1. The van der Waals surface area contributed by atoms with Gasteiger partial charge in [0.2, 0.25) is 0 Å². The molecule has 0 radical (unpaired) electrons. The molecular weight excluding hydrogens is 214 g/mol. The van der Waals surface area contributed by atoms with Crippen LogP contribution in [0.5, 0.6) is 0 Å². The molecule has 5 nitrogen and oxygen atoms in total. The van der Waals surface area contributed by atoms with E-state index in [4.69, 9.17) is 5.73 Å². The average Bonchev–Trinajstić information content (AvgIpc) is 2.29. The smallest absolute Gasteiger partial charge is 0.323 e. The Morgan fingerprint density at radius 2 is 2.47 bits per heavy atom. The number of hydrogen-bond acceptors (Lipinski definition) is 6. The Balaban J connectivity index is 2.25. The van der Waals surface area contributed by atoms with E-state index in [9.17, 15) is 4.79 Å². The molecule has 1 aromatic rings. The summed E-state index contributed by atoms with van der Waals surface area (Å²) >= 11 is 1.53. The molecule has 0 spiro atoms. The van der Waals surface area contributed by atoms with Crippen LogP contribution in [0.25, 0.3) is 0 Å². The molecule has 1 unspecified atom stereocenters. The van der Waals surface area contributed by atoms with Crippen molar-refractivity contribution in [3.05, 3.63) is 24.3 Å². The van der Waals surface area contributed by atoms with E-state index in [2.05, 4.69) is 14.7 Å². The molecule has 82 valence electrons. The second-order valence-electron chi connectivity index (χ2n) is 2.84. The third-order valence-corrected chi connectivity index (χ3v) is 2.76. The molecular formula is C9H13N3O2S. The molecule has 1 atom stereocenters. The van der Waals surface area contributed by atoms with E-state index < -0.39 is 6.04 Å². The van der Waals surface area contributed by atoms with Gasteiger partial charge in [0.05, 0.1) is 12.8 Å². The molecule has 0 aliphatic rings. The SMILES string of the molecule is COC(=O)C(N)CSCc1cnccn1. The van der Waals surface area contributed by atoms with Gasteiger partial charge in [-0.1, -0.05) is 0 Å². The second kappa shape index (κ2) is 6.36. The Hall–Kier alpha value is -1.14. The molecule has 0 saturated heterocycles. The van der Waals surface area contributed by atoms with Gasteiger partial charge >= 0.3 is 5.97 Å². The molecule has 0 aromatic carbocycles. The fourth-order valence-electron chi connectivity index (χ4n) is 0.914. The van der Waals surface area contributed by atoms with E-state index in [0.29, 0.717) is 11.5 Å². The third-order valence-electron chi connectivity index (χ3n) is 1.67. The first kappa shape index (κ1) is 11.9. The van der Waals surface area contributed by atoms with Gasteiger partial charge in [-0.25, -0.2) is 0 Å². The van der Waals surface area contributed by atoms with Crippen LogP contribution in [0, 0.1) is 0 Å². The summed E-state index contributed by atoms with van der Waals surface area (Å²) in [5, 5.41) is 0. The Kier molecular flexibility index (Phi) is 5.06. The number of thioether (sulfide) groups is 1. The van der Waals surface area contributed by atoms with Crippen LogP contribution < -0.4 is 5.73 Å². The maximum atomic E-state index is 11.0. The van der Waals surface area contributed by atoms with Crippen LogP contribution in [0.4, 0.5) is 0 Å². The molecule has 0 bridgehead atoms. The molecule has 0 amide bonds. The minimum atomic E-state index is -0.573. The number of ether oxygens (including phenoxy) is 1. The first-order valence-electron chi connectivity index (χ1n) is 4.40. The topological polar surface area (TPSA) is 78.1 Å². The molecule has 2 N–H and O–H groups in total. The number of aromatic nitrogens is 2. The zero-order valence-electron chi connectivity index (χ0n) is 8.42.